The molecule has 2 aliphatic heterocycles. The van der Waals surface area contributed by atoms with Crippen molar-refractivity contribution in [2.45, 2.75) is 0 Å². The van der Waals surface area contributed by atoms with Crippen molar-refractivity contribution < 1.29 is 17.1 Å². The maximum atomic E-state index is 4.62. The molecule has 0 amide bonds. The van der Waals surface area contributed by atoms with Gasteiger partial charge in [0.25, 0.3) is 0 Å². The average Bonchev–Trinajstić information content (AvgIpc) is 3.72. The zero-order valence-corrected chi connectivity index (χ0v) is 20.6. The van der Waals surface area contributed by atoms with Crippen molar-refractivity contribution >= 4 is 46.4 Å². The first kappa shape index (κ1) is 24.1. The molecular formula is C30H22CuN6. The summed E-state index contributed by atoms with van der Waals surface area (Å²) in [4.78, 5) is 24.4. The number of nitrogens with zero attached hydrogens (tertiary/aromatic N) is 4. The molecule has 0 aliphatic carbocycles. The topological polar surface area (TPSA) is 83.1 Å². The number of aromatic nitrogens is 6. The minimum atomic E-state index is 0. The fraction of sp³-hybridized carbons (Fsp3) is 0. The van der Waals surface area contributed by atoms with E-state index in [4.69, 9.17) is 0 Å². The molecule has 0 unspecified atom stereocenters. The van der Waals surface area contributed by atoms with Crippen LogP contribution in [0.3, 0.4) is 0 Å². The van der Waals surface area contributed by atoms with Gasteiger partial charge in [-0.3, -0.25) is 9.97 Å². The van der Waals surface area contributed by atoms with E-state index >= 15 is 0 Å². The molecule has 37 heavy (non-hydrogen) atoms. The predicted octanol–water partition coefficient (Wildman–Crippen LogP) is 6.80. The van der Waals surface area contributed by atoms with Crippen molar-refractivity contribution in [2.75, 3.05) is 0 Å². The van der Waals surface area contributed by atoms with E-state index in [0.717, 1.165) is 56.2 Å². The van der Waals surface area contributed by atoms with Gasteiger partial charge in [-0.05, 0) is 97.1 Å². The van der Waals surface area contributed by atoms with Gasteiger partial charge in [0.05, 0.1) is 34.2 Å². The standard InChI is InChI=1S/C20H14N4.C10H8N2.Cu/c1-2-14-10-16-5-6-18(23-16)12-20-8-7-19(24-20)11-17-4-3-15(22-17)9-13(1)21-14;1-3-7-11-9(5-1)10-6-2-4-8-12-10;/h1-12,21-22H;1-8H;. The molecule has 0 saturated heterocycles. The van der Waals surface area contributed by atoms with E-state index in [1.165, 1.54) is 0 Å². The predicted molar refractivity (Wildman–Crippen MR) is 146 cm³/mol. The van der Waals surface area contributed by atoms with Gasteiger partial charge < -0.3 is 9.97 Å². The summed E-state index contributed by atoms with van der Waals surface area (Å²) in [5.74, 6) is 0. The molecule has 0 aromatic carbocycles. The van der Waals surface area contributed by atoms with Crippen LogP contribution in [0.2, 0.25) is 0 Å². The minimum Gasteiger partial charge on any atom is -0.355 e. The first-order valence-corrected chi connectivity index (χ1v) is 11.6. The Hall–Kier alpha value is -4.58. The normalized spacial score (nSPS) is 11.4. The van der Waals surface area contributed by atoms with Gasteiger partial charge in [0.2, 0.25) is 0 Å². The van der Waals surface area contributed by atoms with Crippen LogP contribution in [-0.4, -0.2) is 29.9 Å². The third-order valence-electron chi connectivity index (χ3n) is 5.63. The van der Waals surface area contributed by atoms with Gasteiger partial charge in [-0.1, -0.05) is 12.1 Å². The fourth-order valence-electron chi connectivity index (χ4n) is 3.97. The van der Waals surface area contributed by atoms with Crippen molar-refractivity contribution in [2.24, 2.45) is 0 Å². The Balaban J connectivity index is 0.000000183. The second-order valence-corrected chi connectivity index (χ2v) is 8.34. The molecule has 7 heterocycles. The molecule has 5 aromatic heterocycles. The summed E-state index contributed by atoms with van der Waals surface area (Å²) in [5.41, 5.74) is 9.69. The van der Waals surface area contributed by atoms with E-state index < -0.39 is 0 Å². The Morgan fingerprint density at radius 1 is 0.432 bits per heavy atom. The van der Waals surface area contributed by atoms with Gasteiger partial charge in [-0.25, -0.2) is 9.97 Å². The number of nitrogens with one attached hydrogen (secondary N) is 2. The monoisotopic (exact) mass is 529 g/mol. The van der Waals surface area contributed by atoms with Gasteiger partial charge in [0.15, 0.2) is 0 Å². The van der Waals surface area contributed by atoms with Crippen LogP contribution in [0.15, 0.2) is 97.3 Å². The largest absolute Gasteiger partial charge is 0.355 e. The summed E-state index contributed by atoms with van der Waals surface area (Å²) in [6.07, 6.45) is 11.6. The first-order chi connectivity index (χ1) is 17.8. The number of rotatable bonds is 1. The quantitative estimate of drug-likeness (QED) is 0.229. The van der Waals surface area contributed by atoms with Gasteiger partial charge >= 0.3 is 0 Å². The molecule has 7 rings (SSSR count). The molecule has 7 heteroatoms. The smallest absolute Gasteiger partial charge is 0.0886 e. The molecule has 2 N–H and O–H groups in total. The van der Waals surface area contributed by atoms with E-state index in [1.54, 1.807) is 12.4 Å². The molecule has 183 valence electrons. The summed E-state index contributed by atoms with van der Waals surface area (Å²) < 4.78 is 0. The van der Waals surface area contributed by atoms with Crippen LogP contribution in [-0.2, 0) is 17.1 Å². The minimum absolute atomic E-state index is 0. The molecule has 0 fully saturated rings. The number of hydrogen-bond acceptors (Lipinski definition) is 4. The number of fused-ring (bicyclic) bond motifs is 8. The van der Waals surface area contributed by atoms with E-state index in [0.29, 0.717) is 0 Å². The Morgan fingerprint density at radius 2 is 0.838 bits per heavy atom. The number of H-pyrrole nitrogens is 2. The van der Waals surface area contributed by atoms with Gasteiger partial charge in [-0.2, -0.15) is 0 Å². The van der Waals surface area contributed by atoms with Crippen LogP contribution in [0.1, 0.15) is 22.8 Å². The Morgan fingerprint density at radius 3 is 1.24 bits per heavy atom. The summed E-state index contributed by atoms with van der Waals surface area (Å²) in [6, 6.07) is 28.0. The molecule has 5 aromatic rings. The van der Waals surface area contributed by atoms with E-state index in [1.807, 2.05) is 78.9 Å². The molecule has 6 nitrogen and oxygen atoms in total. The molecule has 0 saturated carbocycles. The first-order valence-electron chi connectivity index (χ1n) is 11.6. The SMILES string of the molecule is C1=Cc2cc3ccc(cc4ccc(cc5nc(cc1n2)C=C5)[nH]4)[nH]3.[Cu].c1ccc(-c2ccccn2)nc1. The zero-order valence-electron chi connectivity index (χ0n) is 19.6. The molecule has 1 radical (unpaired) electrons. The Bertz CT molecular complexity index is 1610. The molecule has 0 spiro atoms. The van der Waals surface area contributed by atoms with Gasteiger partial charge in [0.1, 0.15) is 0 Å². The van der Waals surface area contributed by atoms with Gasteiger partial charge in [-0.15, -0.1) is 0 Å². The average molecular weight is 530 g/mol. The van der Waals surface area contributed by atoms with E-state index in [9.17, 15) is 0 Å². The van der Waals surface area contributed by atoms with E-state index in [-0.39, 0.29) is 17.1 Å². The molecular weight excluding hydrogens is 508 g/mol. The summed E-state index contributed by atoms with van der Waals surface area (Å²) in [5, 5.41) is 0. The maximum Gasteiger partial charge on any atom is 0.0886 e. The van der Waals surface area contributed by atoms with Crippen LogP contribution in [0, 0.1) is 0 Å². The van der Waals surface area contributed by atoms with Crippen LogP contribution in [0.5, 0.6) is 0 Å². The Kier molecular flexibility index (Phi) is 7.17. The third kappa shape index (κ3) is 5.98. The van der Waals surface area contributed by atoms with Gasteiger partial charge in [0, 0.05) is 51.5 Å². The molecule has 8 bridgehead atoms. The van der Waals surface area contributed by atoms with Crippen molar-refractivity contribution in [3.05, 3.63) is 120 Å². The zero-order chi connectivity index (χ0) is 24.2. The van der Waals surface area contributed by atoms with E-state index in [2.05, 4.69) is 60.2 Å². The van der Waals surface area contributed by atoms with Crippen LogP contribution in [0.25, 0.3) is 57.8 Å². The molecule has 2 aliphatic rings. The Labute approximate surface area is 224 Å². The van der Waals surface area contributed by atoms with Crippen molar-refractivity contribution in [3.8, 4) is 11.4 Å². The molecule has 0 atom stereocenters. The summed E-state index contributed by atoms with van der Waals surface area (Å²) >= 11 is 0. The number of aromatic amines is 2. The van der Waals surface area contributed by atoms with Crippen molar-refractivity contribution in [1.29, 1.82) is 0 Å². The van der Waals surface area contributed by atoms with Crippen molar-refractivity contribution in [1.82, 2.24) is 29.9 Å². The maximum absolute atomic E-state index is 4.62. The summed E-state index contributed by atoms with van der Waals surface area (Å²) in [7, 11) is 0. The van der Waals surface area contributed by atoms with Crippen molar-refractivity contribution in [3.63, 3.8) is 0 Å². The van der Waals surface area contributed by atoms with Crippen LogP contribution < -0.4 is 0 Å². The fourth-order valence-corrected chi connectivity index (χ4v) is 3.97. The second-order valence-electron chi connectivity index (χ2n) is 8.34. The summed E-state index contributed by atoms with van der Waals surface area (Å²) in [6.45, 7) is 0. The number of hydrogen-bond donors (Lipinski definition) is 2. The number of pyridine rings is 2. The van der Waals surface area contributed by atoms with Crippen LogP contribution in [0.4, 0.5) is 0 Å². The van der Waals surface area contributed by atoms with Crippen LogP contribution >= 0.6 is 0 Å². The second kappa shape index (κ2) is 11.0. The third-order valence-corrected chi connectivity index (χ3v) is 5.63.